The number of carboxylic acid groups (broad SMARTS) is 1. The highest BCUT2D eigenvalue weighted by Crippen LogP contribution is 2.66. The van der Waals surface area contributed by atoms with E-state index in [4.69, 9.17) is 0 Å². The molecule has 0 aromatic carbocycles. The van der Waals surface area contributed by atoms with Crippen LogP contribution in [0.4, 0.5) is 0 Å². The molecule has 5 saturated carbocycles. The number of hydrogen-bond donors (Lipinski definition) is 2. The van der Waals surface area contributed by atoms with Gasteiger partial charge in [0.25, 0.3) is 0 Å². The number of hydrogen-bond acceptors (Lipinski definition) is 3. The summed E-state index contributed by atoms with van der Waals surface area (Å²) in [4.78, 5) is 12.5. The van der Waals surface area contributed by atoms with Gasteiger partial charge in [-0.05, 0) is 125 Å². The highest BCUT2D eigenvalue weighted by molar-refractivity contribution is 5.84. The third kappa shape index (κ3) is 2.84. The smallest absolute Gasteiger partial charge is 0.309 e. The van der Waals surface area contributed by atoms with Crippen LogP contribution in [0, 0.1) is 52.8 Å². The number of rotatable bonds is 2. The van der Waals surface area contributed by atoms with Gasteiger partial charge in [0.05, 0.1) is 11.1 Å². The van der Waals surface area contributed by atoms with Crippen LogP contribution in [0.2, 0.25) is 0 Å². The molecule has 5 aliphatic rings. The summed E-state index contributed by atoms with van der Waals surface area (Å²) in [6.45, 7) is 6.41. The molecular formula is C25H37NO3. The first kappa shape index (κ1) is 19.6. The molecule has 4 heteroatoms. The first-order valence-electron chi connectivity index (χ1n) is 12.0. The minimum Gasteiger partial charge on any atom is -0.481 e. The van der Waals surface area contributed by atoms with Crippen molar-refractivity contribution in [3.8, 4) is 0 Å². The Morgan fingerprint density at radius 3 is 2.34 bits per heavy atom. The van der Waals surface area contributed by atoms with Crippen molar-refractivity contribution < 1.29 is 15.1 Å². The Morgan fingerprint density at radius 1 is 0.966 bits per heavy atom. The molecule has 0 aromatic heterocycles. The Labute approximate surface area is 174 Å². The van der Waals surface area contributed by atoms with Crippen molar-refractivity contribution in [1.29, 1.82) is 0 Å². The van der Waals surface area contributed by atoms with E-state index in [0.717, 1.165) is 67.9 Å². The van der Waals surface area contributed by atoms with Crippen LogP contribution in [0.3, 0.4) is 0 Å². The molecule has 0 bridgehead atoms. The lowest BCUT2D eigenvalue weighted by atomic mass is 9.46. The van der Waals surface area contributed by atoms with Crippen LogP contribution in [0.25, 0.3) is 0 Å². The van der Waals surface area contributed by atoms with E-state index < -0.39 is 11.4 Å². The van der Waals surface area contributed by atoms with Gasteiger partial charge in [-0.1, -0.05) is 17.3 Å². The number of carboxylic acids is 1. The van der Waals surface area contributed by atoms with Gasteiger partial charge in [-0.15, -0.1) is 0 Å². The molecule has 4 nitrogen and oxygen atoms in total. The van der Waals surface area contributed by atoms with Crippen LogP contribution >= 0.6 is 0 Å². The molecule has 0 aliphatic heterocycles. The van der Waals surface area contributed by atoms with Crippen molar-refractivity contribution >= 4 is 11.7 Å². The van der Waals surface area contributed by atoms with Crippen LogP contribution < -0.4 is 0 Å². The van der Waals surface area contributed by atoms with Crippen molar-refractivity contribution in [2.45, 2.75) is 77.6 Å². The van der Waals surface area contributed by atoms with E-state index in [1.165, 1.54) is 37.7 Å². The summed E-state index contributed by atoms with van der Waals surface area (Å²) in [5.41, 5.74) is 1.75. The average Bonchev–Trinajstić information content (AvgIpc) is 3.14. The van der Waals surface area contributed by atoms with Crippen LogP contribution in [0.1, 0.15) is 77.6 Å². The highest BCUT2D eigenvalue weighted by atomic mass is 16.4. The number of fused-ring (bicyclic) bond motifs is 7. The van der Waals surface area contributed by atoms with Crippen LogP contribution in [0.15, 0.2) is 17.3 Å². The van der Waals surface area contributed by atoms with Crippen molar-refractivity contribution in [3.05, 3.63) is 12.2 Å². The Bertz CT molecular complexity index is 730. The molecule has 5 fully saturated rings. The average molecular weight is 400 g/mol. The maximum atomic E-state index is 12.5. The normalized spacial score (nSPS) is 50.2. The van der Waals surface area contributed by atoms with E-state index >= 15 is 0 Å². The fourth-order valence-electron chi connectivity index (χ4n) is 9.26. The number of nitrogens with zero attached hydrogens (tertiary/aromatic N) is 1. The topological polar surface area (TPSA) is 69.9 Å². The number of carbonyl (C=O) groups is 1. The van der Waals surface area contributed by atoms with E-state index in [-0.39, 0.29) is 0 Å². The summed E-state index contributed by atoms with van der Waals surface area (Å²) in [6.07, 6.45) is 12.1. The zero-order valence-corrected chi connectivity index (χ0v) is 17.9. The molecule has 0 radical (unpaired) electrons. The second-order valence-corrected chi connectivity index (χ2v) is 11.2. The molecule has 5 aliphatic carbocycles. The highest BCUT2D eigenvalue weighted by Gasteiger charge is 2.62. The molecule has 29 heavy (non-hydrogen) atoms. The Kier molecular flexibility index (Phi) is 4.83. The summed E-state index contributed by atoms with van der Waals surface area (Å²) >= 11 is 0. The Morgan fingerprint density at radius 2 is 1.62 bits per heavy atom. The molecular weight excluding hydrogens is 362 g/mol. The maximum absolute atomic E-state index is 12.5. The van der Waals surface area contributed by atoms with Gasteiger partial charge in [-0.3, -0.25) is 4.79 Å². The van der Waals surface area contributed by atoms with E-state index in [1.54, 1.807) is 0 Å². The summed E-state index contributed by atoms with van der Waals surface area (Å²) in [5.74, 6) is 4.62. The van der Waals surface area contributed by atoms with E-state index in [1.807, 2.05) is 0 Å². The van der Waals surface area contributed by atoms with Gasteiger partial charge in [-0.2, -0.15) is 0 Å². The molecule has 0 heterocycles. The van der Waals surface area contributed by atoms with Gasteiger partial charge in [0.2, 0.25) is 0 Å². The van der Waals surface area contributed by atoms with Gasteiger partial charge in [0.15, 0.2) is 0 Å². The molecule has 0 amide bonds. The van der Waals surface area contributed by atoms with E-state index in [0.29, 0.717) is 23.7 Å². The molecule has 9 atom stereocenters. The van der Waals surface area contributed by atoms with Crippen molar-refractivity contribution in [2.24, 2.45) is 57.9 Å². The van der Waals surface area contributed by atoms with Crippen LogP contribution in [0.5, 0.6) is 0 Å². The first-order chi connectivity index (χ1) is 14.0. The van der Waals surface area contributed by atoms with Crippen molar-refractivity contribution in [1.82, 2.24) is 0 Å². The van der Waals surface area contributed by atoms with Gasteiger partial charge >= 0.3 is 5.97 Å². The number of aliphatic carboxylic acids is 1. The number of oxime groups is 1. The Balaban J connectivity index is 1.41. The lowest BCUT2D eigenvalue weighted by Crippen LogP contribution is -2.53. The van der Waals surface area contributed by atoms with E-state index in [2.05, 4.69) is 18.7 Å². The molecule has 0 saturated heterocycles. The number of allylic oxidation sites excluding steroid dienone is 1. The zero-order chi connectivity index (χ0) is 20.3. The van der Waals surface area contributed by atoms with Gasteiger partial charge in [-0.25, -0.2) is 0 Å². The molecule has 160 valence electrons. The standard InChI is InChI=1S/C25H37NO3/c1-14(2)17-9-11-25(24(27)28)12-10-21-20-5-3-15-13-16(26-29)4-6-18(15)19(20)7-8-22(21)23(17)25/h15,17-23,29H,1,3-13H2,2H3,(H,27,28)/b26-16-/t15-,17-,18-,19+,20+,21-,22-,23-,25-/m0/s1. The fourth-order valence-corrected chi connectivity index (χ4v) is 9.26. The predicted octanol–water partition coefficient (Wildman–Crippen LogP) is 5.75. The molecule has 2 N–H and O–H groups in total. The first-order valence-corrected chi connectivity index (χ1v) is 12.0. The molecule has 0 spiro atoms. The lowest BCUT2D eigenvalue weighted by molar-refractivity contribution is -0.163. The summed E-state index contributed by atoms with van der Waals surface area (Å²) < 4.78 is 0. The van der Waals surface area contributed by atoms with Crippen molar-refractivity contribution in [2.75, 3.05) is 0 Å². The minimum atomic E-state index is -0.529. The lowest BCUT2D eigenvalue weighted by Gasteiger charge is -2.58. The minimum absolute atomic E-state index is 0.314. The monoisotopic (exact) mass is 399 g/mol. The van der Waals surface area contributed by atoms with Gasteiger partial charge < -0.3 is 10.3 Å². The fraction of sp³-hybridized carbons (Fsp3) is 0.840. The van der Waals surface area contributed by atoms with Gasteiger partial charge in [0, 0.05) is 0 Å². The third-order valence-electron chi connectivity index (χ3n) is 10.3. The van der Waals surface area contributed by atoms with Gasteiger partial charge in [0.1, 0.15) is 0 Å². The van der Waals surface area contributed by atoms with Crippen LogP contribution in [-0.2, 0) is 4.79 Å². The summed E-state index contributed by atoms with van der Waals surface area (Å²) in [7, 11) is 0. The SMILES string of the molecule is C=C(C)[C@@H]1CC[C@]2(C(=O)O)CC[C@H]3[C@@H]4CC[C@H]5C/C(=N\O)CC[C@@H]5[C@H]4CC[C@@H]3[C@H]12. The third-order valence-corrected chi connectivity index (χ3v) is 10.3. The summed E-state index contributed by atoms with van der Waals surface area (Å²) in [5, 5.41) is 23.0. The predicted molar refractivity (Wildman–Crippen MR) is 113 cm³/mol. The van der Waals surface area contributed by atoms with Crippen LogP contribution in [-0.4, -0.2) is 22.0 Å². The van der Waals surface area contributed by atoms with E-state index in [9.17, 15) is 15.1 Å². The largest absolute Gasteiger partial charge is 0.481 e. The maximum Gasteiger partial charge on any atom is 0.309 e. The molecule has 0 unspecified atom stereocenters. The second kappa shape index (κ2) is 7.13. The summed E-state index contributed by atoms with van der Waals surface area (Å²) in [6, 6.07) is 0. The molecule has 5 rings (SSSR count). The zero-order valence-electron chi connectivity index (χ0n) is 17.9. The quantitative estimate of drug-likeness (QED) is 0.353. The van der Waals surface area contributed by atoms with Crippen molar-refractivity contribution in [3.63, 3.8) is 0 Å². The Hall–Kier alpha value is -1.32. The second-order valence-electron chi connectivity index (χ2n) is 11.2. The molecule has 0 aromatic rings.